The van der Waals surface area contributed by atoms with Gasteiger partial charge in [0.25, 0.3) is 5.91 Å². The van der Waals surface area contributed by atoms with Crippen molar-refractivity contribution in [3.05, 3.63) is 34.2 Å². The van der Waals surface area contributed by atoms with E-state index in [-0.39, 0.29) is 11.6 Å². The lowest BCUT2D eigenvalue weighted by Gasteiger charge is -2.18. The molecule has 3 rings (SSSR count). The van der Waals surface area contributed by atoms with Gasteiger partial charge in [-0.15, -0.1) is 0 Å². The van der Waals surface area contributed by atoms with Gasteiger partial charge in [0.2, 0.25) is 0 Å². The lowest BCUT2D eigenvalue weighted by atomic mass is 10.1. The fourth-order valence-electron chi connectivity index (χ4n) is 3.65. The van der Waals surface area contributed by atoms with E-state index in [4.69, 9.17) is 0 Å². The van der Waals surface area contributed by atoms with E-state index in [2.05, 4.69) is 29.0 Å². The van der Waals surface area contributed by atoms with E-state index < -0.39 is 0 Å². The molecule has 1 heterocycles. The first-order chi connectivity index (χ1) is 12.1. The number of fused-ring (bicyclic) bond motifs is 1. The highest BCUT2D eigenvalue weighted by Crippen LogP contribution is 2.19. The number of carbonyl (C=O) groups is 1. The van der Waals surface area contributed by atoms with Gasteiger partial charge in [0.15, 0.2) is 0 Å². The third-order valence-corrected chi connectivity index (χ3v) is 5.26. The number of aromatic amines is 1. The van der Waals surface area contributed by atoms with Crippen LogP contribution in [0.4, 0.5) is 0 Å². The van der Waals surface area contributed by atoms with Crippen LogP contribution in [0, 0.1) is 0 Å². The Kier molecular flexibility index (Phi) is 5.58. The Labute approximate surface area is 148 Å². The van der Waals surface area contributed by atoms with E-state index in [0.29, 0.717) is 18.2 Å². The number of amides is 1. The average molecular weight is 344 g/mol. The lowest BCUT2D eigenvalue weighted by Crippen LogP contribution is -2.32. The van der Waals surface area contributed by atoms with Crippen LogP contribution in [0.15, 0.2) is 23.0 Å². The maximum atomic E-state index is 12.4. The highest BCUT2D eigenvalue weighted by molar-refractivity contribution is 5.97. The zero-order valence-corrected chi connectivity index (χ0v) is 15.2. The molecule has 25 heavy (non-hydrogen) atoms. The van der Waals surface area contributed by atoms with Crippen LogP contribution < -0.4 is 11.0 Å². The van der Waals surface area contributed by atoms with Crippen molar-refractivity contribution >= 4 is 16.9 Å². The molecule has 6 heteroatoms. The van der Waals surface area contributed by atoms with Crippen molar-refractivity contribution in [1.82, 2.24) is 19.8 Å². The molecule has 0 unspecified atom stereocenters. The molecule has 1 amide bonds. The zero-order valence-electron chi connectivity index (χ0n) is 15.2. The number of hydrogen-bond donors (Lipinski definition) is 2. The number of H-pyrrole nitrogens is 1. The van der Waals surface area contributed by atoms with E-state index in [1.165, 1.54) is 12.8 Å². The van der Waals surface area contributed by atoms with Crippen LogP contribution in [0.25, 0.3) is 11.0 Å². The molecule has 1 saturated carbocycles. The summed E-state index contributed by atoms with van der Waals surface area (Å²) >= 11 is 0. The van der Waals surface area contributed by atoms with E-state index in [1.807, 2.05) is 12.1 Å². The van der Waals surface area contributed by atoms with Crippen LogP contribution in [0.1, 0.15) is 49.9 Å². The number of nitrogens with zero attached hydrogens (tertiary/aromatic N) is 2. The number of aromatic nitrogens is 2. The van der Waals surface area contributed by atoms with Gasteiger partial charge in [0.05, 0.1) is 11.0 Å². The smallest absolute Gasteiger partial charge is 0.326 e. The van der Waals surface area contributed by atoms with Gasteiger partial charge in [0, 0.05) is 24.7 Å². The number of likely N-dealkylation sites (N-methyl/N-ethyl adjacent to an activating group) is 1. The predicted molar refractivity (Wildman–Crippen MR) is 100 cm³/mol. The van der Waals surface area contributed by atoms with E-state index in [0.717, 1.165) is 43.5 Å². The molecule has 1 fully saturated rings. The summed E-state index contributed by atoms with van der Waals surface area (Å²) in [5, 5.41) is 3.09. The van der Waals surface area contributed by atoms with E-state index >= 15 is 0 Å². The summed E-state index contributed by atoms with van der Waals surface area (Å²) in [6, 6.07) is 5.77. The Morgan fingerprint density at radius 2 is 2.00 bits per heavy atom. The first-order valence-corrected chi connectivity index (χ1v) is 9.38. The van der Waals surface area contributed by atoms with Crippen molar-refractivity contribution in [3.8, 4) is 0 Å². The van der Waals surface area contributed by atoms with Gasteiger partial charge in [-0.2, -0.15) is 0 Å². The molecule has 0 radical (unpaired) electrons. The molecule has 6 nitrogen and oxygen atoms in total. The van der Waals surface area contributed by atoms with Crippen LogP contribution in [0.5, 0.6) is 0 Å². The van der Waals surface area contributed by atoms with Crippen molar-refractivity contribution < 1.29 is 4.79 Å². The molecule has 2 aromatic rings. The van der Waals surface area contributed by atoms with Gasteiger partial charge in [-0.1, -0.05) is 26.7 Å². The lowest BCUT2D eigenvalue weighted by molar-refractivity contribution is 0.0938. The summed E-state index contributed by atoms with van der Waals surface area (Å²) in [4.78, 5) is 29.9. The molecule has 136 valence electrons. The molecule has 0 spiro atoms. The van der Waals surface area contributed by atoms with Crippen molar-refractivity contribution in [1.29, 1.82) is 0 Å². The van der Waals surface area contributed by atoms with Crippen LogP contribution in [-0.4, -0.2) is 46.0 Å². The van der Waals surface area contributed by atoms with E-state index in [1.54, 1.807) is 10.6 Å². The van der Waals surface area contributed by atoms with Gasteiger partial charge in [-0.05, 0) is 44.1 Å². The second-order valence-electron chi connectivity index (χ2n) is 6.80. The second-order valence-corrected chi connectivity index (χ2v) is 6.80. The standard InChI is InChI=1S/C19H28N4O2/c1-3-22(4-2)11-12-23-17-10-9-14(13-16(17)21-19(23)25)18(24)20-15-7-5-6-8-15/h9-10,13,15H,3-8,11-12H2,1-2H3,(H,20,24)(H,21,25). The van der Waals surface area contributed by atoms with Gasteiger partial charge in [0.1, 0.15) is 0 Å². The van der Waals surface area contributed by atoms with Gasteiger partial charge in [-0.25, -0.2) is 4.79 Å². The van der Waals surface area contributed by atoms with Crippen LogP contribution in [0.3, 0.4) is 0 Å². The quantitative estimate of drug-likeness (QED) is 0.810. The third-order valence-electron chi connectivity index (χ3n) is 5.26. The Balaban J connectivity index is 1.77. The molecule has 0 atom stereocenters. The minimum absolute atomic E-state index is 0.0504. The average Bonchev–Trinajstić information content (AvgIpc) is 3.22. The first-order valence-electron chi connectivity index (χ1n) is 9.38. The van der Waals surface area contributed by atoms with Gasteiger partial charge >= 0.3 is 5.69 Å². The topological polar surface area (TPSA) is 70.1 Å². The van der Waals surface area contributed by atoms with Crippen molar-refractivity contribution in [3.63, 3.8) is 0 Å². The molecule has 2 N–H and O–H groups in total. The van der Waals surface area contributed by atoms with E-state index in [9.17, 15) is 9.59 Å². The summed E-state index contributed by atoms with van der Waals surface area (Å²) in [6.45, 7) is 7.67. The Hall–Kier alpha value is -2.08. The zero-order chi connectivity index (χ0) is 17.8. The second kappa shape index (κ2) is 7.87. The number of nitrogens with one attached hydrogen (secondary N) is 2. The SMILES string of the molecule is CCN(CC)CCn1c(=O)[nH]c2cc(C(=O)NC3CCCC3)ccc21. The molecule has 0 bridgehead atoms. The number of benzene rings is 1. The Bertz CT molecular complexity index is 782. The van der Waals surface area contributed by atoms with Gasteiger partial charge < -0.3 is 15.2 Å². The maximum Gasteiger partial charge on any atom is 0.326 e. The maximum absolute atomic E-state index is 12.4. The fourth-order valence-corrected chi connectivity index (χ4v) is 3.65. The molecule has 1 aromatic heterocycles. The van der Waals surface area contributed by atoms with Crippen molar-refractivity contribution in [2.45, 2.75) is 52.1 Å². The number of hydrogen-bond acceptors (Lipinski definition) is 3. The molecule has 1 aliphatic rings. The van der Waals surface area contributed by atoms with Crippen LogP contribution in [0.2, 0.25) is 0 Å². The molecule has 0 aliphatic heterocycles. The minimum Gasteiger partial charge on any atom is -0.349 e. The molecule has 1 aromatic carbocycles. The molecule has 1 aliphatic carbocycles. The summed E-state index contributed by atoms with van der Waals surface area (Å²) in [6.07, 6.45) is 4.50. The van der Waals surface area contributed by atoms with Crippen molar-refractivity contribution in [2.24, 2.45) is 0 Å². The summed E-state index contributed by atoms with van der Waals surface area (Å²) in [5.41, 5.74) is 2.07. The Morgan fingerprint density at radius 1 is 1.28 bits per heavy atom. The molecular weight excluding hydrogens is 316 g/mol. The molecule has 0 saturated heterocycles. The first kappa shape index (κ1) is 17.7. The number of carbonyl (C=O) groups excluding carboxylic acids is 1. The normalized spacial score (nSPS) is 15.3. The molecular formula is C19H28N4O2. The van der Waals surface area contributed by atoms with Crippen LogP contribution >= 0.6 is 0 Å². The number of imidazole rings is 1. The largest absolute Gasteiger partial charge is 0.349 e. The van der Waals surface area contributed by atoms with Crippen molar-refractivity contribution in [2.75, 3.05) is 19.6 Å². The Morgan fingerprint density at radius 3 is 2.68 bits per heavy atom. The summed E-state index contributed by atoms with van der Waals surface area (Å²) in [5.74, 6) is -0.0504. The van der Waals surface area contributed by atoms with Crippen LogP contribution in [-0.2, 0) is 6.54 Å². The predicted octanol–water partition coefficient (Wildman–Crippen LogP) is 2.34. The number of rotatable bonds is 7. The third kappa shape index (κ3) is 3.95. The summed E-state index contributed by atoms with van der Waals surface area (Å²) < 4.78 is 1.76. The monoisotopic (exact) mass is 344 g/mol. The summed E-state index contributed by atoms with van der Waals surface area (Å²) in [7, 11) is 0. The highest BCUT2D eigenvalue weighted by Gasteiger charge is 2.18. The fraction of sp³-hybridized carbons (Fsp3) is 0.579. The minimum atomic E-state index is -0.115. The van der Waals surface area contributed by atoms with Gasteiger partial charge in [-0.3, -0.25) is 9.36 Å². The highest BCUT2D eigenvalue weighted by atomic mass is 16.2.